The fraction of sp³-hybridized carbons (Fsp3) is 1.00. The van der Waals surface area contributed by atoms with Crippen LogP contribution in [0.2, 0.25) is 0 Å². The Kier molecular flexibility index (Phi) is 5.08. The lowest BCUT2D eigenvalue weighted by Crippen LogP contribution is -2.52. The maximum atomic E-state index is 6.19. The summed E-state index contributed by atoms with van der Waals surface area (Å²) in [4.78, 5) is 2.78. The summed E-state index contributed by atoms with van der Waals surface area (Å²) in [6, 6.07) is 0. The third-order valence-corrected chi connectivity index (χ3v) is 5.74. The van der Waals surface area contributed by atoms with E-state index in [2.05, 4.69) is 18.7 Å². The molecule has 2 rings (SSSR count). The lowest BCUT2D eigenvalue weighted by molar-refractivity contribution is 0.0975. The zero-order valence-electron chi connectivity index (χ0n) is 12.5. The van der Waals surface area contributed by atoms with Crippen molar-refractivity contribution in [3.8, 4) is 0 Å². The molecule has 1 aliphatic heterocycles. The molecule has 0 spiro atoms. The molecule has 18 heavy (non-hydrogen) atoms. The van der Waals surface area contributed by atoms with Crippen LogP contribution < -0.4 is 5.73 Å². The van der Waals surface area contributed by atoms with Crippen LogP contribution in [0.4, 0.5) is 0 Å². The molecule has 1 saturated carbocycles. The van der Waals surface area contributed by atoms with Gasteiger partial charge in [-0.15, -0.1) is 0 Å². The third-order valence-electron chi connectivity index (χ3n) is 5.74. The van der Waals surface area contributed by atoms with Gasteiger partial charge in [0.05, 0.1) is 0 Å². The van der Waals surface area contributed by atoms with Gasteiger partial charge in [-0.1, -0.05) is 26.7 Å². The summed E-state index contributed by atoms with van der Waals surface area (Å²) >= 11 is 0. The molecule has 3 unspecified atom stereocenters. The summed E-state index contributed by atoms with van der Waals surface area (Å²) < 4.78 is 0. The van der Waals surface area contributed by atoms with Crippen LogP contribution in [0.5, 0.6) is 0 Å². The molecule has 0 aromatic carbocycles. The number of nitrogens with two attached hydrogens (primary N) is 1. The Morgan fingerprint density at radius 1 is 1.06 bits per heavy atom. The molecule has 1 aliphatic carbocycles. The van der Waals surface area contributed by atoms with Gasteiger partial charge in [-0.25, -0.2) is 0 Å². The van der Waals surface area contributed by atoms with Crippen LogP contribution in [0.15, 0.2) is 0 Å². The molecule has 2 aliphatic rings. The van der Waals surface area contributed by atoms with Crippen LogP contribution >= 0.6 is 0 Å². The van der Waals surface area contributed by atoms with E-state index in [0.717, 1.165) is 18.4 Å². The molecule has 2 fully saturated rings. The Labute approximate surface area is 113 Å². The predicted octanol–water partition coefficient (Wildman–Crippen LogP) is 3.41. The maximum absolute atomic E-state index is 6.19. The molecule has 0 aromatic heterocycles. The Balaban J connectivity index is 1.99. The fourth-order valence-corrected chi connectivity index (χ4v) is 4.21. The van der Waals surface area contributed by atoms with Crippen molar-refractivity contribution in [2.45, 2.75) is 70.8 Å². The summed E-state index contributed by atoms with van der Waals surface area (Å²) in [6.45, 7) is 8.16. The minimum atomic E-state index is 0.364. The molecule has 2 N–H and O–H groups in total. The van der Waals surface area contributed by atoms with E-state index in [1.54, 1.807) is 0 Å². The highest BCUT2D eigenvalue weighted by molar-refractivity contribution is 4.99. The zero-order valence-corrected chi connectivity index (χ0v) is 12.5. The van der Waals surface area contributed by atoms with Gasteiger partial charge in [0.2, 0.25) is 0 Å². The van der Waals surface area contributed by atoms with Gasteiger partial charge in [-0.2, -0.15) is 0 Å². The summed E-state index contributed by atoms with van der Waals surface area (Å²) in [5, 5.41) is 0. The summed E-state index contributed by atoms with van der Waals surface area (Å²) in [6.07, 6.45) is 11.0. The predicted molar refractivity (Wildman–Crippen MR) is 78.6 cm³/mol. The van der Waals surface area contributed by atoms with E-state index < -0.39 is 0 Å². The zero-order chi connectivity index (χ0) is 13.0. The lowest BCUT2D eigenvalue weighted by Gasteiger charge is -2.40. The van der Waals surface area contributed by atoms with Crippen molar-refractivity contribution < 1.29 is 0 Å². The minimum absolute atomic E-state index is 0.364. The molecule has 106 valence electrons. The average Bonchev–Trinajstić information content (AvgIpc) is 2.70. The van der Waals surface area contributed by atoms with Gasteiger partial charge in [0.1, 0.15) is 0 Å². The number of likely N-dealkylation sites (tertiary alicyclic amines) is 1. The quantitative estimate of drug-likeness (QED) is 0.831. The number of hydrogen-bond donors (Lipinski definition) is 1. The monoisotopic (exact) mass is 252 g/mol. The lowest BCUT2D eigenvalue weighted by atomic mass is 9.92. The topological polar surface area (TPSA) is 29.3 Å². The largest absolute Gasteiger partial charge is 0.329 e. The van der Waals surface area contributed by atoms with Crippen LogP contribution in [0.3, 0.4) is 0 Å². The second-order valence-corrected chi connectivity index (χ2v) is 6.64. The molecule has 2 heteroatoms. The van der Waals surface area contributed by atoms with Crippen molar-refractivity contribution >= 4 is 0 Å². The van der Waals surface area contributed by atoms with E-state index in [0.29, 0.717) is 5.54 Å². The highest BCUT2D eigenvalue weighted by Crippen LogP contribution is 2.41. The van der Waals surface area contributed by atoms with E-state index >= 15 is 0 Å². The molecule has 3 atom stereocenters. The normalized spacial score (nSPS) is 38.8. The highest BCUT2D eigenvalue weighted by atomic mass is 15.2. The van der Waals surface area contributed by atoms with E-state index in [9.17, 15) is 0 Å². The molecule has 1 heterocycles. The highest BCUT2D eigenvalue weighted by Gasteiger charge is 2.42. The van der Waals surface area contributed by atoms with Crippen LogP contribution in [-0.2, 0) is 0 Å². The molecule has 0 amide bonds. The van der Waals surface area contributed by atoms with E-state index in [4.69, 9.17) is 5.73 Å². The maximum Gasteiger partial charge on any atom is 0.0334 e. The second-order valence-electron chi connectivity index (χ2n) is 6.64. The number of nitrogens with zero attached hydrogens (tertiary/aromatic N) is 1. The first kappa shape index (κ1) is 14.3. The summed E-state index contributed by atoms with van der Waals surface area (Å²) in [7, 11) is 0. The minimum Gasteiger partial charge on any atom is -0.329 e. The van der Waals surface area contributed by atoms with Gasteiger partial charge in [0.15, 0.2) is 0 Å². The van der Waals surface area contributed by atoms with Gasteiger partial charge in [0.25, 0.3) is 0 Å². The summed E-state index contributed by atoms with van der Waals surface area (Å²) in [5.74, 6) is 1.90. The van der Waals surface area contributed by atoms with Crippen molar-refractivity contribution in [1.29, 1.82) is 0 Å². The van der Waals surface area contributed by atoms with Gasteiger partial charge in [0, 0.05) is 12.1 Å². The Morgan fingerprint density at radius 3 is 2.44 bits per heavy atom. The van der Waals surface area contributed by atoms with Crippen molar-refractivity contribution in [3.05, 3.63) is 0 Å². The first-order chi connectivity index (χ1) is 8.74. The van der Waals surface area contributed by atoms with Crippen molar-refractivity contribution in [2.24, 2.45) is 17.6 Å². The van der Waals surface area contributed by atoms with Crippen LogP contribution in [0, 0.1) is 11.8 Å². The standard InChI is InChI=1S/C16H32N2/c1-3-14-6-5-10-18(11-8-14)16(13-17)9-7-15(4-2)12-16/h14-15H,3-13,17H2,1-2H3. The molecular formula is C16H32N2. The van der Waals surface area contributed by atoms with Crippen LogP contribution in [0.1, 0.15) is 65.2 Å². The van der Waals surface area contributed by atoms with Gasteiger partial charge < -0.3 is 5.73 Å². The Bertz CT molecular complexity index is 253. The van der Waals surface area contributed by atoms with E-state index in [1.807, 2.05) is 0 Å². The third kappa shape index (κ3) is 2.91. The fourth-order valence-electron chi connectivity index (χ4n) is 4.21. The average molecular weight is 252 g/mol. The Morgan fingerprint density at radius 2 is 1.83 bits per heavy atom. The molecule has 2 nitrogen and oxygen atoms in total. The Hall–Kier alpha value is -0.0800. The molecule has 1 saturated heterocycles. The van der Waals surface area contributed by atoms with E-state index in [1.165, 1.54) is 64.5 Å². The molecule has 0 bridgehead atoms. The van der Waals surface area contributed by atoms with E-state index in [-0.39, 0.29) is 0 Å². The van der Waals surface area contributed by atoms with Crippen molar-refractivity contribution in [3.63, 3.8) is 0 Å². The van der Waals surface area contributed by atoms with Crippen molar-refractivity contribution in [1.82, 2.24) is 4.90 Å². The van der Waals surface area contributed by atoms with Crippen molar-refractivity contribution in [2.75, 3.05) is 19.6 Å². The number of rotatable bonds is 4. The first-order valence-electron chi connectivity index (χ1n) is 8.19. The summed E-state index contributed by atoms with van der Waals surface area (Å²) in [5.41, 5.74) is 6.56. The molecule has 0 aromatic rings. The SMILES string of the molecule is CCC1CCCN(C2(CN)CCC(CC)C2)CC1. The van der Waals surface area contributed by atoms with Gasteiger partial charge in [-0.3, -0.25) is 4.90 Å². The van der Waals surface area contributed by atoms with Gasteiger partial charge >= 0.3 is 0 Å². The second kappa shape index (κ2) is 6.38. The molecule has 0 radical (unpaired) electrons. The molecular weight excluding hydrogens is 220 g/mol. The van der Waals surface area contributed by atoms with Crippen LogP contribution in [0.25, 0.3) is 0 Å². The van der Waals surface area contributed by atoms with Gasteiger partial charge in [-0.05, 0) is 63.5 Å². The van der Waals surface area contributed by atoms with Crippen LogP contribution in [-0.4, -0.2) is 30.1 Å². The first-order valence-corrected chi connectivity index (χ1v) is 8.19. The smallest absolute Gasteiger partial charge is 0.0334 e. The number of hydrogen-bond acceptors (Lipinski definition) is 2.